The molecule has 56 heavy (non-hydrogen) atoms. The van der Waals surface area contributed by atoms with E-state index in [4.69, 9.17) is 9.31 Å². The Balaban J connectivity index is 0.00000155. The number of hydrogen-bond donors (Lipinski definition) is 0. The molecule has 3 heterocycles. The van der Waals surface area contributed by atoms with Crippen LogP contribution in [0.2, 0.25) is 0 Å². The van der Waals surface area contributed by atoms with Crippen LogP contribution in [0.5, 0.6) is 0 Å². The molecule has 0 radical (unpaired) electrons. The predicted molar refractivity (Wildman–Crippen MR) is 242 cm³/mol. The first-order chi connectivity index (χ1) is 27.0. The van der Waals surface area contributed by atoms with Gasteiger partial charge < -0.3 is 9.31 Å². The van der Waals surface area contributed by atoms with Crippen molar-refractivity contribution in [3.05, 3.63) is 163 Å². The Hall–Kier alpha value is -4.96. The molecule has 278 valence electrons. The Labute approximate surface area is 344 Å². The zero-order chi connectivity index (χ0) is 39.5. The topological polar surface area (TPSA) is 44.2 Å². The van der Waals surface area contributed by atoms with E-state index in [1.54, 1.807) is 0 Å². The van der Waals surface area contributed by atoms with E-state index in [-0.39, 0.29) is 0 Å². The fraction of sp³-hybridized carbons (Fsp3) is 0.167. The summed E-state index contributed by atoms with van der Waals surface area (Å²) in [7, 11) is 0.403. The van der Waals surface area contributed by atoms with Gasteiger partial charge in [-0.3, -0.25) is 9.97 Å². The Morgan fingerprint density at radius 2 is 0.804 bits per heavy atom. The van der Waals surface area contributed by atoms with Crippen molar-refractivity contribution in [1.29, 1.82) is 0 Å². The zero-order valence-corrected chi connectivity index (χ0v) is 34.9. The second-order valence-electron chi connectivity index (χ2n) is 15.2. The number of rotatable bonds is 7. The Morgan fingerprint density at radius 1 is 0.464 bits per heavy atom. The highest BCUT2D eigenvalue weighted by molar-refractivity contribution is 8.37. The fourth-order valence-electron chi connectivity index (χ4n) is 6.97. The molecule has 1 aliphatic heterocycles. The minimum Gasteiger partial charge on any atom is -0.399 e. The molecule has 0 atom stereocenters. The molecule has 1 aliphatic rings. The molecule has 5 aromatic carbocycles. The molecule has 0 saturated carbocycles. The maximum Gasteiger partial charge on any atom is 0.494 e. The molecule has 0 aliphatic carbocycles. The molecule has 8 heteroatoms. The van der Waals surface area contributed by atoms with Crippen molar-refractivity contribution < 1.29 is 9.31 Å². The van der Waals surface area contributed by atoms with Crippen LogP contribution < -0.4 is 5.46 Å². The summed E-state index contributed by atoms with van der Waals surface area (Å²) < 4.78 is 13.3. The number of hydrogen-bond acceptors (Lipinski definition) is 6. The molecule has 0 spiro atoms. The summed E-state index contributed by atoms with van der Waals surface area (Å²) in [6.07, 6.45) is 3.83. The van der Waals surface area contributed by atoms with Crippen molar-refractivity contribution in [2.45, 2.75) is 52.7 Å². The van der Waals surface area contributed by atoms with Crippen molar-refractivity contribution in [2.75, 3.05) is 0 Å². The van der Waals surface area contributed by atoms with E-state index in [0.29, 0.717) is 0 Å². The fourth-order valence-corrected chi connectivity index (χ4v) is 6.97. The number of aromatic nitrogens is 2. The number of pyridine rings is 2. The van der Waals surface area contributed by atoms with Gasteiger partial charge in [0.1, 0.15) is 0 Å². The molecule has 1 saturated heterocycles. The highest BCUT2D eigenvalue weighted by atomic mass is 33.1. The van der Waals surface area contributed by atoms with Crippen LogP contribution in [0, 0.1) is 13.8 Å². The third-order valence-electron chi connectivity index (χ3n) is 10.8. The molecule has 4 nitrogen and oxygen atoms in total. The molecule has 0 bridgehead atoms. The van der Waals surface area contributed by atoms with E-state index in [9.17, 15) is 0 Å². The largest absolute Gasteiger partial charge is 0.494 e. The van der Waals surface area contributed by atoms with Gasteiger partial charge in [-0.2, -0.15) is 0 Å². The summed E-state index contributed by atoms with van der Waals surface area (Å²) in [5.74, 6) is 0. The summed E-state index contributed by atoms with van der Waals surface area (Å²) in [4.78, 5) is 9.29. The van der Waals surface area contributed by atoms with Crippen LogP contribution in [0.4, 0.5) is 0 Å². The average molecular weight is 787 g/mol. The molecular weight excluding hydrogens is 744 g/mol. The minimum atomic E-state index is -0.513. The van der Waals surface area contributed by atoms with Gasteiger partial charge in [-0.1, -0.05) is 121 Å². The van der Waals surface area contributed by atoms with Crippen molar-refractivity contribution in [2.24, 2.45) is 0 Å². The standard InChI is InChI=1S/C48H43BN2O2.S3/c1-32-15-25-45(50-30-32)36-21-17-34(18-22-36)41-11-7-9-13-43(41)38-27-39(29-40(28-38)49-52-47(3,4)48(5,6)53-49)44-14-10-8-12-42(44)35-19-23-37(24-20-35)46-26-16-33(2)31-51-46;1-3-2/h7-31H,1-6H3;. The number of benzene rings is 5. The molecule has 0 unspecified atom stereocenters. The van der Waals surface area contributed by atoms with Gasteiger partial charge in [0.05, 0.1) is 22.6 Å². The average Bonchev–Trinajstić information content (AvgIpc) is 3.44. The van der Waals surface area contributed by atoms with E-state index in [0.717, 1.165) is 92.5 Å². The Kier molecular flexibility index (Phi) is 11.7. The van der Waals surface area contributed by atoms with Gasteiger partial charge in [-0.05, 0) is 121 Å². The van der Waals surface area contributed by atoms with Crippen molar-refractivity contribution in [3.63, 3.8) is 0 Å². The van der Waals surface area contributed by atoms with E-state index in [1.165, 1.54) is 0 Å². The maximum absolute atomic E-state index is 6.65. The summed E-state index contributed by atoms with van der Waals surface area (Å²) in [6, 6.07) is 49.8. The lowest BCUT2D eigenvalue weighted by Gasteiger charge is -2.32. The maximum atomic E-state index is 6.65. The molecule has 0 amide bonds. The van der Waals surface area contributed by atoms with Crippen molar-refractivity contribution in [1.82, 2.24) is 9.97 Å². The highest BCUT2D eigenvalue weighted by Crippen LogP contribution is 2.40. The smallest absolute Gasteiger partial charge is 0.399 e. The van der Waals surface area contributed by atoms with Crippen LogP contribution in [0.15, 0.2) is 152 Å². The molecule has 0 N–H and O–H groups in total. The zero-order valence-electron chi connectivity index (χ0n) is 32.4. The monoisotopic (exact) mass is 786 g/mol. The first-order valence-corrected chi connectivity index (χ1v) is 21.3. The minimum absolute atomic E-state index is 0.467. The Bertz CT molecular complexity index is 2350. The van der Waals surface area contributed by atoms with Gasteiger partial charge in [-0.25, -0.2) is 0 Å². The van der Waals surface area contributed by atoms with Gasteiger partial charge in [0.2, 0.25) is 0 Å². The molecule has 1 fully saturated rings. The highest BCUT2D eigenvalue weighted by Gasteiger charge is 2.51. The van der Waals surface area contributed by atoms with Crippen molar-refractivity contribution in [3.8, 4) is 67.0 Å². The lowest BCUT2D eigenvalue weighted by atomic mass is 9.75. The van der Waals surface area contributed by atoms with Crippen LogP contribution in [0.25, 0.3) is 67.0 Å². The van der Waals surface area contributed by atoms with Crippen LogP contribution in [0.1, 0.15) is 38.8 Å². The summed E-state index contributed by atoms with van der Waals surface area (Å²) in [5.41, 5.74) is 15.5. The first-order valence-electron chi connectivity index (χ1n) is 18.6. The van der Waals surface area contributed by atoms with Crippen LogP contribution in [0.3, 0.4) is 0 Å². The van der Waals surface area contributed by atoms with Gasteiger partial charge >= 0.3 is 7.12 Å². The number of aryl methyl sites for hydroxylation is 2. The van der Waals surface area contributed by atoms with Crippen molar-refractivity contribution >= 4 is 43.8 Å². The SMILES string of the molecule is Cc1ccc(-c2ccc(-c3ccccc3-c3cc(B4OC(C)(C)C(C)(C)O4)cc(-c4ccccc4-c4ccc(-c5ccc(C)cn5)cc4)c3)cc2)nc1.S=S=S. The normalized spacial score (nSPS) is 14.1. The first kappa shape index (κ1) is 39.3. The second-order valence-corrected chi connectivity index (χ2v) is 17.0. The van der Waals surface area contributed by atoms with E-state index in [1.807, 2.05) is 12.4 Å². The van der Waals surface area contributed by atoms with E-state index >= 15 is 0 Å². The van der Waals surface area contributed by atoms with Gasteiger partial charge in [0.15, 0.2) is 0 Å². The third-order valence-corrected chi connectivity index (χ3v) is 10.8. The molecular formula is C48H43BN2O2S3. The summed E-state index contributed by atoms with van der Waals surface area (Å²) in [5, 5.41) is 0. The summed E-state index contributed by atoms with van der Waals surface area (Å²) >= 11 is 8.25. The van der Waals surface area contributed by atoms with Gasteiger partial charge in [0.25, 0.3) is 0 Å². The second kappa shape index (κ2) is 16.6. The van der Waals surface area contributed by atoms with Crippen LogP contribution in [-0.4, -0.2) is 28.3 Å². The number of nitrogens with zero attached hydrogens (tertiary/aromatic N) is 2. The van der Waals surface area contributed by atoms with Crippen LogP contribution in [-0.2, 0) is 40.6 Å². The van der Waals surface area contributed by atoms with E-state index in [2.05, 4.69) is 213 Å². The van der Waals surface area contributed by atoms with Gasteiger partial charge in [0, 0.05) is 54.8 Å². The summed E-state index contributed by atoms with van der Waals surface area (Å²) in [6.45, 7) is 12.5. The van der Waals surface area contributed by atoms with Crippen LogP contribution >= 0.6 is 0 Å². The lowest BCUT2D eigenvalue weighted by Crippen LogP contribution is -2.41. The quantitative estimate of drug-likeness (QED) is 0.150. The Morgan fingerprint density at radius 3 is 1.14 bits per heavy atom. The molecule has 2 aromatic heterocycles. The molecule has 7 aromatic rings. The predicted octanol–water partition coefficient (Wildman–Crippen LogP) is 11.4. The molecule has 8 rings (SSSR count). The van der Waals surface area contributed by atoms with E-state index < -0.39 is 18.3 Å². The lowest BCUT2D eigenvalue weighted by molar-refractivity contribution is 0.00578. The van der Waals surface area contributed by atoms with Gasteiger partial charge in [-0.15, -0.1) is 0 Å². The third kappa shape index (κ3) is 8.41.